The van der Waals surface area contributed by atoms with Gasteiger partial charge in [-0.2, -0.15) is 0 Å². The number of nitrogens with zero attached hydrogens (tertiary/aromatic N) is 1. The van der Waals surface area contributed by atoms with Gasteiger partial charge in [0.2, 0.25) is 0 Å². The van der Waals surface area contributed by atoms with Crippen LogP contribution in [0.3, 0.4) is 0 Å². The van der Waals surface area contributed by atoms with E-state index in [2.05, 4.69) is 43.2 Å². The smallest absolute Gasteiger partial charge is 0.119 e. The van der Waals surface area contributed by atoms with Crippen molar-refractivity contribution < 1.29 is 4.74 Å². The summed E-state index contributed by atoms with van der Waals surface area (Å²) in [6.45, 7) is 6.56. The molecule has 0 heterocycles. The standard InChI is InChI=1S/C15H26N2O/c1-5-11-16-13(6-2)12-17(3)14-7-9-15(18-4)10-8-14/h7-10,13,16H,5-6,11-12H2,1-4H3. The highest BCUT2D eigenvalue weighted by atomic mass is 16.5. The van der Waals surface area contributed by atoms with E-state index in [-0.39, 0.29) is 0 Å². The number of hydrogen-bond donors (Lipinski definition) is 1. The number of ether oxygens (including phenoxy) is 1. The van der Waals surface area contributed by atoms with Crippen LogP contribution < -0.4 is 15.0 Å². The van der Waals surface area contributed by atoms with E-state index < -0.39 is 0 Å². The van der Waals surface area contributed by atoms with Gasteiger partial charge in [-0.3, -0.25) is 0 Å². The zero-order valence-corrected chi connectivity index (χ0v) is 12.1. The van der Waals surface area contributed by atoms with E-state index in [1.165, 1.54) is 12.1 Å². The third kappa shape index (κ3) is 4.57. The number of methoxy groups -OCH3 is 1. The van der Waals surface area contributed by atoms with Crippen molar-refractivity contribution in [1.82, 2.24) is 5.32 Å². The lowest BCUT2D eigenvalue weighted by molar-refractivity contribution is 0.415. The van der Waals surface area contributed by atoms with Crippen LogP contribution in [0.1, 0.15) is 26.7 Å². The molecule has 0 aromatic heterocycles. The number of hydrogen-bond acceptors (Lipinski definition) is 3. The first kappa shape index (κ1) is 14.8. The van der Waals surface area contributed by atoms with Gasteiger partial charge < -0.3 is 15.0 Å². The number of rotatable bonds is 8. The van der Waals surface area contributed by atoms with Crippen LogP contribution in [0.2, 0.25) is 0 Å². The second kappa shape index (κ2) is 7.98. The summed E-state index contributed by atoms with van der Waals surface area (Å²) in [5.74, 6) is 0.906. The second-order valence-corrected chi connectivity index (χ2v) is 4.64. The molecule has 0 aliphatic heterocycles. The van der Waals surface area contributed by atoms with Crippen LogP contribution in [0.25, 0.3) is 0 Å². The highest BCUT2D eigenvalue weighted by Gasteiger charge is 2.09. The molecule has 3 heteroatoms. The highest BCUT2D eigenvalue weighted by molar-refractivity contribution is 5.48. The molecule has 0 fully saturated rings. The Morgan fingerprint density at radius 1 is 1.22 bits per heavy atom. The molecule has 1 N–H and O–H groups in total. The largest absolute Gasteiger partial charge is 0.497 e. The molecule has 0 saturated carbocycles. The van der Waals surface area contributed by atoms with Gasteiger partial charge in [-0.1, -0.05) is 13.8 Å². The maximum absolute atomic E-state index is 5.17. The van der Waals surface area contributed by atoms with E-state index in [9.17, 15) is 0 Å². The summed E-state index contributed by atoms with van der Waals surface area (Å²) in [4.78, 5) is 2.29. The van der Waals surface area contributed by atoms with E-state index in [4.69, 9.17) is 4.74 Å². The predicted molar refractivity (Wildman–Crippen MR) is 78.6 cm³/mol. The molecule has 18 heavy (non-hydrogen) atoms. The Morgan fingerprint density at radius 2 is 1.89 bits per heavy atom. The van der Waals surface area contributed by atoms with Crippen LogP contribution in [0.5, 0.6) is 5.75 Å². The lowest BCUT2D eigenvalue weighted by Crippen LogP contribution is -2.39. The van der Waals surface area contributed by atoms with Gasteiger partial charge >= 0.3 is 0 Å². The molecule has 0 saturated heterocycles. The Kier molecular flexibility index (Phi) is 6.58. The van der Waals surface area contributed by atoms with Crippen molar-refractivity contribution in [2.45, 2.75) is 32.7 Å². The number of benzene rings is 1. The molecular weight excluding hydrogens is 224 g/mol. The van der Waals surface area contributed by atoms with Crippen molar-refractivity contribution in [2.24, 2.45) is 0 Å². The van der Waals surface area contributed by atoms with Crippen molar-refractivity contribution >= 4 is 5.69 Å². The van der Waals surface area contributed by atoms with E-state index in [1.807, 2.05) is 12.1 Å². The molecular formula is C15H26N2O. The van der Waals surface area contributed by atoms with Gasteiger partial charge in [0.1, 0.15) is 5.75 Å². The number of nitrogens with one attached hydrogen (secondary N) is 1. The van der Waals surface area contributed by atoms with Crippen LogP contribution in [0.15, 0.2) is 24.3 Å². The minimum Gasteiger partial charge on any atom is -0.497 e. The van der Waals surface area contributed by atoms with E-state index in [1.54, 1.807) is 7.11 Å². The Hall–Kier alpha value is -1.22. The fourth-order valence-electron chi connectivity index (χ4n) is 1.96. The third-order valence-electron chi connectivity index (χ3n) is 3.18. The van der Waals surface area contributed by atoms with Crippen molar-refractivity contribution in [1.29, 1.82) is 0 Å². The summed E-state index contributed by atoms with van der Waals surface area (Å²) in [7, 11) is 3.83. The predicted octanol–water partition coefficient (Wildman–Crippen LogP) is 2.91. The molecule has 0 aliphatic carbocycles. The normalized spacial score (nSPS) is 12.2. The molecule has 0 amide bonds. The zero-order valence-electron chi connectivity index (χ0n) is 12.1. The first-order valence-electron chi connectivity index (χ1n) is 6.79. The summed E-state index contributed by atoms with van der Waals surface area (Å²) in [5.41, 5.74) is 1.23. The van der Waals surface area contributed by atoms with Crippen molar-refractivity contribution in [3.63, 3.8) is 0 Å². The van der Waals surface area contributed by atoms with Crippen LogP contribution >= 0.6 is 0 Å². The first-order valence-corrected chi connectivity index (χ1v) is 6.79. The quantitative estimate of drug-likeness (QED) is 0.768. The topological polar surface area (TPSA) is 24.5 Å². The molecule has 0 bridgehead atoms. The van der Waals surface area contributed by atoms with Gasteiger partial charge in [0.15, 0.2) is 0 Å². The minimum absolute atomic E-state index is 0.553. The fraction of sp³-hybridized carbons (Fsp3) is 0.600. The van der Waals surface area contributed by atoms with Crippen molar-refractivity contribution in [3.8, 4) is 5.75 Å². The second-order valence-electron chi connectivity index (χ2n) is 4.64. The molecule has 0 radical (unpaired) electrons. The van der Waals surface area contributed by atoms with E-state index >= 15 is 0 Å². The lowest BCUT2D eigenvalue weighted by Gasteiger charge is -2.26. The summed E-state index contributed by atoms with van der Waals surface area (Å²) in [6, 6.07) is 8.77. The van der Waals surface area contributed by atoms with Gasteiger partial charge in [0.25, 0.3) is 0 Å². The van der Waals surface area contributed by atoms with Gasteiger partial charge in [-0.25, -0.2) is 0 Å². The Balaban J connectivity index is 2.53. The average Bonchev–Trinajstić information content (AvgIpc) is 2.43. The average molecular weight is 250 g/mol. The molecule has 0 aliphatic rings. The third-order valence-corrected chi connectivity index (χ3v) is 3.18. The van der Waals surface area contributed by atoms with Crippen LogP contribution in [-0.2, 0) is 0 Å². The maximum atomic E-state index is 5.17. The van der Waals surface area contributed by atoms with Crippen LogP contribution in [0.4, 0.5) is 5.69 Å². The summed E-state index contributed by atoms with van der Waals surface area (Å²) in [5, 5.41) is 3.58. The van der Waals surface area contributed by atoms with Gasteiger partial charge in [-0.15, -0.1) is 0 Å². The Morgan fingerprint density at radius 3 is 2.39 bits per heavy atom. The fourth-order valence-corrected chi connectivity index (χ4v) is 1.96. The zero-order chi connectivity index (χ0) is 13.4. The van der Waals surface area contributed by atoms with Crippen molar-refractivity contribution in [3.05, 3.63) is 24.3 Å². The van der Waals surface area contributed by atoms with Gasteiger partial charge in [0, 0.05) is 25.3 Å². The minimum atomic E-state index is 0.553. The molecule has 1 unspecified atom stereocenters. The molecule has 1 rings (SSSR count). The monoisotopic (exact) mass is 250 g/mol. The SMILES string of the molecule is CCCNC(CC)CN(C)c1ccc(OC)cc1. The molecule has 1 atom stereocenters. The summed E-state index contributed by atoms with van der Waals surface area (Å²) in [6.07, 6.45) is 2.34. The van der Waals surface area contributed by atoms with E-state index in [0.717, 1.165) is 25.3 Å². The van der Waals surface area contributed by atoms with Crippen LogP contribution in [-0.4, -0.2) is 33.3 Å². The molecule has 102 valence electrons. The molecule has 0 spiro atoms. The Labute approximate surface area is 111 Å². The maximum Gasteiger partial charge on any atom is 0.119 e. The van der Waals surface area contributed by atoms with E-state index in [0.29, 0.717) is 6.04 Å². The molecule has 1 aromatic rings. The summed E-state index contributed by atoms with van der Waals surface area (Å²) < 4.78 is 5.17. The summed E-state index contributed by atoms with van der Waals surface area (Å²) >= 11 is 0. The first-order chi connectivity index (χ1) is 8.71. The molecule has 3 nitrogen and oxygen atoms in total. The number of anilines is 1. The van der Waals surface area contributed by atoms with Crippen LogP contribution in [0, 0.1) is 0 Å². The highest BCUT2D eigenvalue weighted by Crippen LogP contribution is 2.18. The van der Waals surface area contributed by atoms with Gasteiger partial charge in [0.05, 0.1) is 7.11 Å². The molecule has 1 aromatic carbocycles. The number of likely N-dealkylation sites (N-methyl/N-ethyl adjacent to an activating group) is 1. The van der Waals surface area contributed by atoms with Gasteiger partial charge in [-0.05, 0) is 43.7 Å². The Bertz CT molecular complexity index is 324. The lowest BCUT2D eigenvalue weighted by atomic mass is 10.2. The van der Waals surface area contributed by atoms with Crippen molar-refractivity contribution in [2.75, 3.05) is 32.1 Å².